The summed E-state index contributed by atoms with van der Waals surface area (Å²) in [6.45, 7) is 3.84. The van der Waals surface area contributed by atoms with Gasteiger partial charge in [0.2, 0.25) is 11.8 Å². The van der Waals surface area contributed by atoms with E-state index in [0.29, 0.717) is 12.8 Å². The van der Waals surface area contributed by atoms with Crippen molar-refractivity contribution in [3.05, 3.63) is 33.9 Å². The fourth-order valence-electron chi connectivity index (χ4n) is 3.48. The summed E-state index contributed by atoms with van der Waals surface area (Å²) in [5, 5.41) is 14.3. The van der Waals surface area contributed by atoms with Gasteiger partial charge in [-0.25, -0.2) is 8.42 Å². The van der Waals surface area contributed by atoms with Gasteiger partial charge in [0, 0.05) is 17.9 Å². The topological polar surface area (TPSA) is 104 Å². The SMILES string of the molecule is CC(C)C(NC1C=CS(=O)(=O)C1)C(=O)N[C@@H]1CCC(=O)N[C@H]1c1ccsc1. The van der Waals surface area contributed by atoms with Crippen LogP contribution in [0.15, 0.2) is 28.3 Å². The van der Waals surface area contributed by atoms with Crippen molar-refractivity contribution >= 4 is 33.0 Å². The van der Waals surface area contributed by atoms with Gasteiger partial charge in [0.1, 0.15) is 0 Å². The molecule has 0 bridgehead atoms. The number of nitrogens with one attached hydrogen (secondary N) is 3. The Morgan fingerprint density at radius 1 is 1.37 bits per heavy atom. The fourth-order valence-corrected chi connectivity index (χ4v) is 5.42. The Kier molecular flexibility index (Phi) is 6.02. The lowest BCUT2D eigenvalue weighted by atomic mass is 9.92. The van der Waals surface area contributed by atoms with Gasteiger partial charge in [-0.2, -0.15) is 11.3 Å². The molecule has 1 aromatic heterocycles. The van der Waals surface area contributed by atoms with Crippen molar-refractivity contribution in [3.63, 3.8) is 0 Å². The second-order valence-electron chi connectivity index (χ2n) is 7.41. The average molecular weight is 412 g/mol. The molecule has 3 heterocycles. The van der Waals surface area contributed by atoms with E-state index in [9.17, 15) is 18.0 Å². The van der Waals surface area contributed by atoms with E-state index in [1.54, 1.807) is 17.4 Å². The predicted octanol–water partition coefficient (Wildman–Crippen LogP) is 1.11. The zero-order valence-corrected chi connectivity index (χ0v) is 17.0. The predicted molar refractivity (Wildman–Crippen MR) is 105 cm³/mol. The summed E-state index contributed by atoms with van der Waals surface area (Å²) in [5.41, 5.74) is 0.984. The maximum absolute atomic E-state index is 12.9. The van der Waals surface area contributed by atoms with E-state index in [1.165, 1.54) is 5.41 Å². The first-order chi connectivity index (χ1) is 12.7. The number of hydrogen-bond acceptors (Lipinski definition) is 6. The number of carbonyl (C=O) groups excluding carboxylic acids is 2. The van der Waals surface area contributed by atoms with Crippen LogP contribution >= 0.6 is 11.3 Å². The minimum Gasteiger partial charge on any atom is -0.350 e. The Morgan fingerprint density at radius 2 is 2.15 bits per heavy atom. The summed E-state index contributed by atoms with van der Waals surface area (Å²) in [7, 11) is -3.19. The lowest BCUT2D eigenvalue weighted by Gasteiger charge is -2.34. The van der Waals surface area contributed by atoms with Crippen molar-refractivity contribution in [1.82, 2.24) is 16.0 Å². The molecule has 1 fully saturated rings. The number of piperidine rings is 1. The Hall–Kier alpha value is -1.71. The van der Waals surface area contributed by atoms with Crippen molar-refractivity contribution in [2.45, 2.75) is 50.9 Å². The van der Waals surface area contributed by atoms with Crippen LogP contribution in [0.3, 0.4) is 0 Å². The molecule has 27 heavy (non-hydrogen) atoms. The number of sulfone groups is 1. The standard InChI is InChI=1S/C18H25N3O4S2/c1-11(2)16(19-13-6-8-27(24,25)10-13)18(23)20-14-3-4-15(22)21-17(14)12-5-7-26-9-12/h5-9,11,13-14,16-17,19H,3-4,10H2,1-2H3,(H,20,23)(H,21,22)/t13?,14-,16?,17+/m1/s1. The molecule has 9 heteroatoms. The van der Waals surface area contributed by atoms with Crippen LogP contribution < -0.4 is 16.0 Å². The molecule has 0 aliphatic carbocycles. The second kappa shape index (κ2) is 8.12. The van der Waals surface area contributed by atoms with E-state index < -0.39 is 15.9 Å². The van der Waals surface area contributed by atoms with E-state index >= 15 is 0 Å². The second-order valence-corrected chi connectivity index (χ2v) is 10.1. The quantitative estimate of drug-likeness (QED) is 0.650. The van der Waals surface area contributed by atoms with E-state index in [2.05, 4.69) is 16.0 Å². The van der Waals surface area contributed by atoms with E-state index in [1.807, 2.05) is 30.7 Å². The Labute approximate surface area is 163 Å². The first-order valence-corrected chi connectivity index (χ1v) is 11.7. The summed E-state index contributed by atoms with van der Waals surface area (Å²) in [5.74, 6) is -0.236. The number of thiophene rings is 1. The average Bonchev–Trinajstić information content (AvgIpc) is 3.23. The van der Waals surface area contributed by atoms with Crippen molar-refractivity contribution in [3.8, 4) is 0 Å². The first kappa shape index (κ1) is 20.0. The van der Waals surface area contributed by atoms with Gasteiger partial charge in [-0.1, -0.05) is 19.9 Å². The van der Waals surface area contributed by atoms with Crippen LogP contribution in [0.2, 0.25) is 0 Å². The van der Waals surface area contributed by atoms with Crippen molar-refractivity contribution in [2.75, 3.05) is 5.75 Å². The van der Waals surface area contributed by atoms with Gasteiger partial charge in [-0.05, 0) is 34.7 Å². The number of rotatable bonds is 6. The maximum Gasteiger partial charge on any atom is 0.237 e. The molecule has 2 aliphatic rings. The molecule has 3 rings (SSSR count). The van der Waals surface area contributed by atoms with Crippen molar-refractivity contribution in [1.29, 1.82) is 0 Å². The molecule has 7 nitrogen and oxygen atoms in total. The molecule has 2 amide bonds. The van der Waals surface area contributed by atoms with Crippen molar-refractivity contribution < 1.29 is 18.0 Å². The number of carbonyl (C=O) groups is 2. The monoisotopic (exact) mass is 411 g/mol. The zero-order valence-electron chi connectivity index (χ0n) is 15.3. The molecule has 1 saturated heterocycles. The lowest BCUT2D eigenvalue weighted by molar-refractivity contribution is -0.128. The van der Waals surface area contributed by atoms with Gasteiger partial charge in [0.15, 0.2) is 9.84 Å². The summed E-state index contributed by atoms with van der Waals surface area (Å²) < 4.78 is 23.2. The smallest absolute Gasteiger partial charge is 0.237 e. The molecule has 1 aromatic rings. The third-order valence-corrected chi connectivity index (χ3v) is 7.00. The Balaban J connectivity index is 1.69. The van der Waals surface area contributed by atoms with Crippen molar-refractivity contribution in [2.24, 2.45) is 5.92 Å². The molecular formula is C18H25N3O4S2. The van der Waals surface area contributed by atoms with Gasteiger partial charge in [0.25, 0.3) is 0 Å². The molecule has 148 valence electrons. The first-order valence-electron chi connectivity index (χ1n) is 9.04. The van der Waals surface area contributed by atoms with E-state index in [0.717, 1.165) is 5.56 Å². The Bertz CT molecular complexity index is 818. The van der Waals surface area contributed by atoms with Crippen LogP contribution in [-0.2, 0) is 19.4 Å². The molecule has 0 aromatic carbocycles. The summed E-state index contributed by atoms with van der Waals surface area (Å²) in [6.07, 6.45) is 2.53. The Morgan fingerprint density at radius 3 is 2.74 bits per heavy atom. The highest BCUT2D eigenvalue weighted by Gasteiger charge is 2.35. The molecule has 0 radical (unpaired) electrons. The third-order valence-electron chi connectivity index (χ3n) is 4.90. The van der Waals surface area contributed by atoms with Gasteiger partial charge in [0.05, 0.1) is 23.9 Å². The molecule has 2 aliphatic heterocycles. The van der Waals surface area contributed by atoms with Gasteiger partial charge in [-0.15, -0.1) is 0 Å². The maximum atomic E-state index is 12.9. The fraction of sp³-hybridized carbons (Fsp3) is 0.556. The minimum absolute atomic E-state index is 0.0144. The largest absolute Gasteiger partial charge is 0.350 e. The van der Waals surface area contributed by atoms with Crippen LogP contribution in [0, 0.1) is 5.92 Å². The molecule has 0 spiro atoms. The minimum atomic E-state index is -3.19. The van der Waals surface area contributed by atoms with Gasteiger partial charge < -0.3 is 10.6 Å². The molecule has 0 saturated carbocycles. The van der Waals surface area contributed by atoms with Crippen LogP contribution in [0.5, 0.6) is 0 Å². The van der Waals surface area contributed by atoms with Crippen LogP contribution in [-0.4, -0.2) is 44.1 Å². The zero-order chi connectivity index (χ0) is 19.6. The molecular weight excluding hydrogens is 386 g/mol. The molecule has 3 N–H and O–H groups in total. The van der Waals surface area contributed by atoms with Gasteiger partial charge >= 0.3 is 0 Å². The summed E-state index contributed by atoms with van der Waals surface area (Å²) in [6, 6.07) is 0.615. The highest BCUT2D eigenvalue weighted by atomic mass is 32.2. The van der Waals surface area contributed by atoms with Crippen LogP contribution in [0.1, 0.15) is 38.3 Å². The summed E-state index contributed by atoms with van der Waals surface area (Å²) in [4.78, 5) is 24.8. The third kappa shape index (κ3) is 4.97. The van der Waals surface area contributed by atoms with E-state index in [-0.39, 0.29) is 41.6 Å². The van der Waals surface area contributed by atoms with E-state index in [4.69, 9.17) is 0 Å². The highest BCUT2D eigenvalue weighted by Crippen LogP contribution is 2.26. The number of hydrogen-bond donors (Lipinski definition) is 3. The summed E-state index contributed by atoms with van der Waals surface area (Å²) >= 11 is 1.55. The lowest BCUT2D eigenvalue weighted by Crippen LogP contribution is -2.57. The van der Waals surface area contributed by atoms with Crippen LogP contribution in [0.25, 0.3) is 0 Å². The van der Waals surface area contributed by atoms with Gasteiger partial charge in [-0.3, -0.25) is 14.9 Å². The molecule has 2 unspecified atom stereocenters. The van der Waals surface area contributed by atoms with Crippen LogP contribution in [0.4, 0.5) is 0 Å². The highest BCUT2D eigenvalue weighted by molar-refractivity contribution is 7.94. The molecule has 4 atom stereocenters. The number of amides is 2. The normalized spacial score (nSPS) is 28.1.